The van der Waals surface area contributed by atoms with E-state index in [0.29, 0.717) is 5.82 Å². The molecule has 0 bridgehead atoms. The van der Waals surface area contributed by atoms with Gasteiger partial charge in [-0.15, -0.1) is 0 Å². The fourth-order valence-corrected chi connectivity index (χ4v) is 11.0. The van der Waals surface area contributed by atoms with Crippen LogP contribution in [0.2, 0.25) is 0 Å². The van der Waals surface area contributed by atoms with Gasteiger partial charge in [0, 0.05) is 39.3 Å². The Morgan fingerprint density at radius 2 is 0.968 bits per heavy atom. The maximum Gasteiger partial charge on any atom is 0.161 e. The van der Waals surface area contributed by atoms with Crippen LogP contribution in [0.5, 0.6) is 0 Å². The maximum absolute atomic E-state index is 6.64. The van der Waals surface area contributed by atoms with E-state index in [1.807, 2.05) is 12.1 Å². The smallest absolute Gasteiger partial charge is 0.161 e. The average molecular weight is 791 g/mol. The lowest BCUT2D eigenvalue weighted by molar-refractivity contribution is 0.670. The summed E-state index contributed by atoms with van der Waals surface area (Å²) in [6, 6.07) is 70.2. The third-order valence-electron chi connectivity index (χ3n) is 13.6. The molecular formula is C59H38N2O. The molecule has 10 aromatic rings. The van der Waals surface area contributed by atoms with Crippen molar-refractivity contribution in [1.29, 1.82) is 0 Å². The van der Waals surface area contributed by atoms with Crippen molar-refractivity contribution in [1.82, 2.24) is 9.97 Å². The highest BCUT2D eigenvalue weighted by Crippen LogP contribution is 2.62. The van der Waals surface area contributed by atoms with E-state index < -0.39 is 5.41 Å². The Morgan fingerprint density at radius 3 is 1.74 bits per heavy atom. The van der Waals surface area contributed by atoms with Gasteiger partial charge in [-0.1, -0.05) is 194 Å². The number of furan rings is 1. The highest BCUT2D eigenvalue weighted by Gasteiger charge is 2.51. The minimum Gasteiger partial charge on any atom is -0.455 e. The van der Waals surface area contributed by atoms with Gasteiger partial charge in [0.2, 0.25) is 0 Å². The summed E-state index contributed by atoms with van der Waals surface area (Å²) in [6.07, 6.45) is 9.24. The summed E-state index contributed by atoms with van der Waals surface area (Å²) in [5, 5.41) is 2.16. The first-order chi connectivity index (χ1) is 30.8. The SMILES string of the molecule is C1=CC2c3ccccc3C3(c4ccccc4-c4ccc(-c5cc(-c6cccc7c6oc6ccccc67)nc(-c6ccccc6-c6ccccc6)n5)cc43)c3ccccc3C2C=C1. The van der Waals surface area contributed by atoms with E-state index in [-0.39, 0.29) is 11.8 Å². The molecule has 3 aliphatic carbocycles. The molecule has 0 amide bonds. The molecule has 1 spiro atoms. The van der Waals surface area contributed by atoms with E-state index in [0.717, 1.165) is 61.1 Å². The number of rotatable bonds is 4. The number of hydrogen-bond donors (Lipinski definition) is 0. The molecule has 2 heterocycles. The minimum absolute atomic E-state index is 0.216. The quantitative estimate of drug-likeness (QED) is 0.178. The van der Waals surface area contributed by atoms with Gasteiger partial charge in [-0.2, -0.15) is 0 Å². The summed E-state index contributed by atoms with van der Waals surface area (Å²) in [5.41, 5.74) is 18.4. The fourth-order valence-electron chi connectivity index (χ4n) is 11.0. The third-order valence-corrected chi connectivity index (χ3v) is 13.6. The molecule has 0 fully saturated rings. The van der Waals surface area contributed by atoms with E-state index in [4.69, 9.17) is 14.4 Å². The third kappa shape index (κ3) is 5.00. The van der Waals surface area contributed by atoms with Gasteiger partial charge in [0.1, 0.15) is 11.2 Å². The fraction of sp³-hybridized carbons (Fsp3) is 0.0508. The van der Waals surface area contributed by atoms with Crippen LogP contribution in [0.25, 0.3) is 78.1 Å². The van der Waals surface area contributed by atoms with Crippen LogP contribution in [-0.2, 0) is 5.41 Å². The molecule has 3 aliphatic rings. The first-order valence-corrected chi connectivity index (χ1v) is 21.5. The lowest BCUT2D eigenvalue weighted by Gasteiger charge is -2.35. The highest BCUT2D eigenvalue weighted by molar-refractivity contribution is 6.09. The van der Waals surface area contributed by atoms with Crippen LogP contribution >= 0.6 is 0 Å². The first kappa shape index (κ1) is 34.9. The van der Waals surface area contributed by atoms with Crippen molar-refractivity contribution in [3.63, 3.8) is 0 Å². The summed E-state index contributed by atoms with van der Waals surface area (Å²) >= 11 is 0. The summed E-state index contributed by atoms with van der Waals surface area (Å²) in [7, 11) is 0. The Bertz CT molecular complexity index is 3440. The molecule has 0 N–H and O–H groups in total. The lowest BCUT2D eigenvalue weighted by Crippen LogP contribution is -2.30. The second-order valence-electron chi connectivity index (χ2n) is 16.7. The van der Waals surface area contributed by atoms with Crippen molar-refractivity contribution in [3.8, 4) is 56.2 Å². The van der Waals surface area contributed by atoms with Crippen molar-refractivity contribution in [2.24, 2.45) is 0 Å². The molecule has 290 valence electrons. The van der Waals surface area contributed by atoms with E-state index >= 15 is 0 Å². The molecule has 2 aromatic heterocycles. The summed E-state index contributed by atoms with van der Waals surface area (Å²) < 4.78 is 6.64. The number of hydrogen-bond acceptors (Lipinski definition) is 3. The Labute approximate surface area is 360 Å². The highest BCUT2D eigenvalue weighted by atomic mass is 16.3. The van der Waals surface area contributed by atoms with Crippen LogP contribution in [0.1, 0.15) is 45.2 Å². The zero-order valence-corrected chi connectivity index (χ0v) is 33.7. The van der Waals surface area contributed by atoms with Gasteiger partial charge < -0.3 is 4.42 Å². The summed E-state index contributed by atoms with van der Waals surface area (Å²) in [5.74, 6) is 1.10. The Hall–Kier alpha value is -7.88. The predicted octanol–water partition coefficient (Wildman–Crippen LogP) is 14.7. The molecule has 13 rings (SSSR count). The zero-order chi connectivity index (χ0) is 40.8. The van der Waals surface area contributed by atoms with Crippen LogP contribution in [0.4, 0.5) is 0 Å². The Morgan fingerprint density at radius 1 is 0.387 bits per heavy atom. The number of allylic oxidation sites excluding steroid dienone is 4. The summed E-state index contributed by atoms with van der Waals surface area (Å²) in [4.78, 5) is 10.9. The number of nitrogens with zero attached hydrogens (tertiary/aromatic N) is 2. The van der Waals surface area contributed by atoms with Crippen LogP contribution < -0.4 is 0 Å². The molecule has 3 heteroatoms. The van der Waals surface area contributed by atoms with Crippen LogP contribution in [0, 0.1) is 0 Å². The van der Waals surface area contributed by atoms with Gasteiger partial charge in [0.05, 0.1) is 16.8 Å². The number of para-hydroxylation sites is 2. The van der Waals surface area contributed by atoms with Crippen LogP contribution in [-0.4, -0.2) is 9.97 Å². The molecule has 0 aliphatic heterocycles. The van der Waals surface area contributed by atoms with E-state index in [2.05, 4.69) is 206 Å². The standard InChI is InChI=1S/C59H38N2O/c1-2-17-37(18-3-1)39-19-4-7-26-48(39)58-60-54(36-55(61-58)49-28-16-27-47-46-25-11-15-32-56(46)62-57(47)49)38-33-34-45-44-24-10-14-31-52(44)59(53(45)35-38)50-29-12-8-22-42(50)40-20-5-6-21-41(40)43-23-9-13-30-51(43)59/h1-36,40-41H. The minimum atomic E-state index is -0.563. The summed E-state index contributed by atoms with van der Waals surface area (Å²) in [6.45, 7) is 0. The zero-order valence-electron chi connectivity index (χ0n) is 33.7. The van der Waals surface area contributed by atoms with Gasteiger partial charge in [0.15, 0.2) is 5.82 Å². The molecule has 0 saturated carbocycles. The monoisotopic (exact) mass is 790 g/mol. The number of fused-ring (bicyclic) bond motifs is 15. The Balaban J connectivity index is 1.10. The first-order valence-electron chi connectivity index (χ1n) is 21.5. The van der Waals surface area contributed by atoms with Crippen molar-refractivity contribution >= 4 is 21.9 Å². The Kier molecular flexibility index (Phi) is 7.65. The van der Waals surface area contributed by atoms with Crippen LogP contribution in [0.3, 0.4) is 0 Å². The number of aromatic nitrogens is 2. The molecule has 0 saturated heterocycles. The average Bonchev–Trinajstić information content (AvgIpc) is 3.84. The topological polar surface area (TPSA) is 38.9 Å². The molecule has 2 atom stereocenters. The maximum atomic E-state index is 6.64. The van der Waals surface area contributed by atoms with Crippen molar-refractivity contribution in [3.05, 3.63) is 252 Å². The van der Waals surface area contributed by atoms with Gasteiger partial charge in [-0.05, 0) is 79.9 Å². The van der Waals surface area contributed by atoms with E-state index in [1.54, 1.807) is 0 Å². The second kappa shape index (κ2) is 13.6. The molecule has 2 unspecified atom stereocenters. The van der Waals surface area contributed by atoms with E-state index in [9.17, 15) is 0 Å². The second-order valence-corrected chi connectivity index (χ2v) is 16.7. The van der Waals surface area contributed by atoms with Gasteiger partial charge in [-0.3, -0.25) is 0 Å². The molecule has 3 nitrogen and oxygen atoms in total. The van der Waals surface area contributed by atoms with Crippen molar-refractivity contribution in [2.75, 3.05) is 0 Å². The molecule has 8 aromatic carbocycles. The largest absolute Gasteiger partial charge is 0.455 e. The van der Waals surface area contributed by atoms with Gasteiger partial charge in [0.25, 0.3) is 0 Å². The molecule has 0 radical (unpaired) electrons. The molecular weight excluding hydrogens is 753 g/mol. The van der Waals surface area contributed by atoms with Crippen molar-refractivity contribution in [2.45, 2.75) is 17.3 Å². The van der Waals surface area contributed by atoms with Crippen LogP contribution in [0.15, 0.2) is 223 Å². The van der Waals surface area contributed by atoms with Gasteiger partial charge >= 0.3 is 0 Å². The molecule has 62 heavy (non-hydrogen) atoms. The van der Waals surface area contributed by atoms with E-state index in [1.165, 1.54) is 44.5 Å². The normalized spacial score (nSPS) is 17.9. The van der Waals surface area contributed by atoms with Crippen molar-refractivity contribution < 1.29 is 4.42 Å². The lowest BCUT2D eigenvalue weighted by atomic mass is 9.66. The predicted molar refractivity (Wildman–Crippen MR) is 252 cm³/mol. The van der Waals surface area contributed by atoms with Gasteiger partial charge in [-0.25, -0.2) is 9.97 Å². The number of benzene rings is 8.